The largest absolute Gasteiger partial charge is 0.304 e. The molecule has 0 aromatic rings. The molecule has 0 amide bonds. The summed E-state index contributed by atoms with van der Waals surface area (Å²) in [5.74, 6) is -0.576. The molecular formula is C14H19FO3. The van der Waals surface area contributed by atoms with E-state index in [1.54, 1.807) is 6.92 Å². The van der Waals surface area contributed by atoms with Crippen molar-refractivity contribution in [1.82, 2.24) is 0 Å². The van der Waals surface area contributed by atoms with Crippen LogP contribution < -0.4 is 0 Å². The van der Waals surface area contributed by atoms with Crippen molar-refractivity contribution in [3.05, 3.63) is 0 Å². The third-order valence-electron chi connectivity index (χ3n) is 4.46. The monoisotopic (exact) mass is 254 g/mol. The van der Waals surface area contributed by atoms with Crippen LogP contribution in [-0.2, 0) is 14.4 Å². The minimum Gasteiger partial charge on any atom is -0.299 e. The second kappa shape index (κ2) is 5.29. The standard InChI is InChI=1S/C14H19FO3/c1-8-6-12(16)11(13(8)17)7-9-2-4-10(5-3-9)14(15)18/h8-11H,2-7H2,1H3. The van der Waals surface area contributed by atoms with Crippen molar-refractivity contribution < 1.29 is 18.8 Å². The predicted octanol–water partition coefficient (Wildman–Crippen LogP) is 2.47. The SMILES string of the molecule is CC1CC(=O)C(CC2CCC(C(=O)F)CC2)C1=O. The Bertz CT molecular complexity index is 369. The average molecular weight is 254 g/mol. The van der Waals surface area contributed by atoms with Crippen LogP contribution in [-0.4, -0.2) is 17.6 Å². The number of hydrogen-bond acceptors (Lipinski definition) is 3. The van der Waals surface area contributed by atoms with Crippen molar-refractivity contribution in [2.45, 2.75) is 45.4 Å². The Morgan fingerprint density at radius 1 is 1.22 bits per heavy atom. The highest BCUT2D eigenvalue weighted by atomic mass is 19.1. The maximum atomic E-state index is 12.5. The summed E-state index contributed by atoms with van der Waals surface area (Å²) in [4.78, 5) is 34.2. The molecule has 0 aromatic carbocycles. The zero-order valence-electron chi connectivity index (χ0n) is 10.7. The Morgan fingerprint density at radius 3 is 2.28 bits per heavy atom. The van der Waals surface area contributed by atoms with Crippen LogP contribution in [0.25, 0.3) is 0 Å². The number of carbonyl (C=O) groups excluding carboxylic acids is 3. The molecule has 0 saturated heterocycles. The van der Waals surface area contributed by atoms with E-state index >= 15 is 0 Å². The van der Waals surface area contributed by atoms with Crippen molar-refractivity contribution in [1.29, 1.82) is 0 Å². The van der Waals surface area contributed by atoms with Gasteiger partial charge in [0, 0.05) is 18.3 Å². The van der Waals surface area contributed by atoms with E-state index in [0.29, 0.717) is 31.6 Å². The molecule has 0 spiro atoms. The Labute approximate surface area is 106 Å². The van der Waals surface area contributed by atoms with Gasteiger partial charge in [0.05, 0.1) is 5.92 Å². The van der Waals surface area contributed by atoms with E-state index in [-0.39, 0.29) is 17.5 Å². The van der Waals surface area contributed by atoms with Crippen molar-refractivity contribution in [2.24, 2.45) is 23.7 Å². The minimum absolute atomic E-state index is 0.0659. The molecule has 0 bridgehead atoms. The molecule has 18 heavy (non-hydrogen) atoms. The van der Waals surface area contributed by atoms with E-state index in [0.717, 1.165) is 12.8 Å². The molecule has 0 radical (unpaired) electrons. The van der Waals surface area contributed by atoms with Crippen LogP contribution in [0, 0.1) is 23.7 Å². The molecular weight excluding hydrogens is 235 g/mol. The molecule has 0 aromatic heterocycles. The molecule has 2 unspecified atom stereocenters. The summed E-state index contributed by atoms with van der Waals surface area (Å²) in [5, 5.41) is 0. The van der Waals surface area contributed by atoms with Crippen LogP contribution in [0.4, 0.5) is 4.39 Å². The predicted molar refractivity (Wildman–Crippen MR) is 63.5 cm³/mol. The molecule has 2 rings (SSSR count). The van der Waals surface area contributed by atoms with Crippen LogP contribution in [0.2, 0.25) is 0 Å². The number of Topliss-reactive ketones (excluding diaryl/α,β-unsaturated/α-hetero) is 2. The molecule has 2 fully saturated rings. The summed E-state index contributed by atoms with van der Waals surface area (Å²) in [6, 6.07) is -1.21. The van der Waals surface area contributed by atoms with Gasteiger partial charge in [0.2, 0.25) is 0 Å². The van der Waals surface area contributed by atoms with Crippen LogP contribution in [0.15, 0.2) is 0 Å². The maximum Gasteiger partial charge on any atom is 0.304 e. The molecule has 2 aliphatic carbocycles. The van der Waals surface area contributed by atoms with Gasteiger partial charge in [-0.25, -0.2) is 0 Å². The minimum atomic E-state index is -1.21. The van der Waals surface area contributed by atoms with Gasteiger partial charge >= 0.3 is 6.04 Å². The zero-order chi connectivity index (χ0) is 13.3. The van der Waals surface area contributed by atoms with Crippen molar-refractivity contribution >= 4 is 17.6 Å². The van der Waals surface area contributed by atoms with E-state index in [1.165, 1.54) is 0 Å². The Kier molecular flexibility index (Phi) is 3.93. The van der Waals surface area contributed by atoms with Gasteiger partial charge in [0.25, 0.3) is 0 Å². The van der Waals surface area contributed by atoms with E-state index in [1.807, 2.05) is 0 Å². The highest BCUT2D eigenvalue weighted by Crippen LogP contribution is 2.36. The van der Waals surface area contributed by atoms with Crippen LogP contribution in [0.1, 0.15) is 45.4 Å². The third kappa shape index (κ3) is 2.68. The van der Waals surface area contributed by atoms with Crippen molar-refractivity contribution in [3.63, 3.8) is 0 Å². The van der Waals surface area contributed by atoms with E-state index in [2.05, 4.69) is 0 Å². The summed E-state index contributed by atoms with van der Waals surface area (Å²) < 4.78 is 12.5. The first-order valence-electron chi connectivity index (χ1n) is 6.74. The van der Waals surface area contributed by atoms with Gasteiger partial charge in [-0.2, -0.15) is 4.39 Å². The lowest BCUT2D eigenvalue weighted by molar-refractivity contribution is -0.135. The Hall–Kier alpha value is -1.06. The quantitative estimate of drug-likeness (QED) is 0.574. The molecule has 4 heteroatoms. The molecule has 3 nitrogen and oxygen atoms in total. The van der Waals surface area contributed by atoms with Crippen LogP contribution in [0.3, 0.4) is 0 Å². The number of carbonyl (C=O) groups is 3. The second-order valence-electron chi connectivity index (χ2n) is 5.78. The first-order valence-corrected chi connectivity index (χ1v) is 6.74. The van der Waals surface area contributed by atoms with Gasteiger partial charge < -0.3 is 0 Å². The lowest BCUT2D eigenvalue weighted by atomic mass is 9.77. The second-order valence-corrected chi connectivity index (χ2v) is 5.78. The average Bonchev–Trinajstić information content (AvgIpc) is 2.57. The highest BCUT2D eigenvalue weighted by molar-refractivity contribution is 6.09. The normalized spacial score (nSPS) is 37.0. The molecule has 0 N–H and O–H groups in total. The Morgan fingerprint density at radius 2 is 1.83 bits per heavy atom. The lowest BCUT2D eigenvalue weighted by Crippen LogP contribution is -2.24. The third-order valence-corrected chi connectivity index (χ3v) is 4.46. The number of ketones is 2. The van der Waals surface area contributed by atoms with Crippen molar-refractivity contribution in [3.8, 4) is 0 Å². The molecule has 2 saturated carbocycles. The fourth-order valence-corrected chi connectivity index (χ4v) is 3.25. The summed E-state index contributed by atoms with van der Waals surface area (Å²) in [6.07, 6.45) is 3.61. The first-order chi connectivity index (χ1) is 8.49. The first kappa shape index (κ1) is 13.4. The van der Waals surface area contributed by atoms with E-state index in [9.17, 15) is 18.8 Å². The summed E-state index contributed by atoms with van der Waals surface area (Å²) in [5.41, 5.74) is 0. The van der Waals surface area contributed by atoms with Gasteiger partial charge in [0.15, 0.2) is 0 Å². The Balaban J connectivity index is 1.87. The molecule has 2 aliphatic rings. The number of rotatable bonds is 3. The topological polar surface area (TPSA) is 51.2 Å². The summed E-state index contributed by atoms with van der Waals surface area (Å²) in [7, 11) is 0. The van der Waals surface area contributed by atoms with Gasteiger partial charge in [-0.3, -0.25) is 14.4 Å². The van der Waals surface area contributed by atoms with Crippen LogP contribution in [0.5, 0.6) is 0 Å². The molecule has 0 heterocycles. The molecule has 0 aliphatic heterocycles. The van der Waals surface area contributed by atoms with Gasteiger partial charge in [-0.15, -0.1) is 0 Å². The van der Waals surface area contributed by atoms with E-state index < -0.39 is 17.9 Å². The molecule has 100 valence electrons. The zero-order valence-corrected chi connectivity index (χ0v) is 10.7. The molecule has 2 atom stereocenters. The van der Waals surface area contributed by atoms with Crippen LogP contribution >= 0.6 is 0 Å². The van der Waals surface area contributed by atoms with Gasteiger partial charge in [0.1, 0.15) is 11.6 Å². The summed E-state index contributed by atoms with van der Waals surface area (Å²) in [6.45, 7) is 1.80. The smallest absolute Gasteiger partial charge is 0.299 e. The number of hydrogen-bond donors (Lipinski definition) is 0. The fraction of sp³-hybridized carbons (Fsp3) is 0.786. The van der Waals surface area contributed by atoms with Gasteiger partial charge in [-0.1, -0.05) is 6.92 Å². The highest BCUT2D eigenvalue weighted by Gasteiger charge is 2.40. The fourth-order valence-electron chi connectivity index (χ4n) is 3.25. The lowest BCUT2D eigenvalue weighted by Gasteiger charge is -2.27. The van der Waals surface area contributed by atoms with E-state index in [4.69, 9.17) is 0 Å². The number of halogens is 1. The maximum absolute atomic E-state index is 12.5. The van der Waals surface area contributed by atoms with Crippen molar-refractivity contribution in [2.75, 3.05) is 0 Å². The summed E-state index contributed by atoms with van der Waals surface area (Å²) >= 11 is 0. The van der Waals surface area contributed by atoms with Gasteiger partial charge in [-0.05, 0) is 38.0 Å².